The molecule has 0 N–H and O–H groups in total. The van der Waals surface area contributed by atoms with Gasteiger partial charge in [-0.1, -0.05) is 42.5 Å². The van der Waals surface area contributed by atoms with E-state index < -0.39 is 0 Å². The molecule has 2 aromatic rings. The van der Waals surface area contributed by atoms with Gasteiger partial charge in [0.1, 0.15) is 5.78 Å². The second-order valence-electron chi connectivity index (χ2n) is 5.51. The predicted octanol–water partition coefficient (Wildman–Crippen LogP) is 3.55. The van der Waals surface area contributed by atoms with Gasteiger partial charge in [0, 0.05) is 13.0 Å². The van der Waals surface area contributed by atoms with E-state index >= 15 is 0 Å². The van der Waals surface area contributed by atoms with Crippen LogP contribution in [0.1, 0.15) is 18.1 Å². The second-order valence-corrected chi connectivity index (χ2v) is 5.51. The van der Waals surface area contributed by atoms with Crippen LogP contribution in [0.2, 0.25) is 0 Å². The zero-order valence-corrected chi connectivity index (χ0v) is 12.4. The summed E-state index contributed by atoms with van der Waals surface area (Å²) in [4.78, 5) is 13.3. The number of carbonyl (C=O) groups is 1. The van der Waals surface area contributed by atoms with Crippen LogP contribution < -0.4 is 0 Å². The summed E-state index contributed by atoms with van der Waals surface area (Å²) < 4.78 is 0. The molecule has 0 heterocycles. The fourth-order valence-corrected chi connectivity index (χ4v) is 2.32. The monoisotopic (exact) mass is 267 g/mol. The zero-order valence-electron chi connectivity index (χ0n) is 12.4. The van der Waals surface area contributed by atoms with Crippen molar-refractivity contribution < 1.29 is 4.79 Å². The molecule has 0 aliphatic heterocycles. The second kappa shape index (κ2) is 6.49. The highest BCUT2D eigenvalue weighted by atomic mass is 16.1. The Morgan fingerprint density at radius 1 is 0.950 bits per heavy atom. The number of nitrogens with zero attached hydrogens (tertiary/aromatic N) is 1. The Balaban J connectivity index is 2.20. The Hall–Kier alpha value is -1.93. The molecule has 0 aliphatic rings. The van der Waals surface area contributed by atoms with Gasteiger partial charge < -0.3 is 4.90 Å². The van der Waals surface area contributed by atoms with Crippen LogP contribution in [-0.2, 0) is 17.8 Å². The summed E-state index contributed by atoms with van der Waals surface area (Å²) in [6, 6.07) is 16.8. The van der Waals surface area contributed by atoms with Gasteiger partial charge in [-0.3, -0.25) is 4.79 Å². The van der Waals surface area contributed by atoms with Crippen molar-refractivity contribution in [3.05, 3.63) is 59.7 Å². The lowest BCUT2D eigenvalue weighted by molar-refractivity contribution is -0.116. The molecular formula is C18H21NO. The smallest absolute Gasteiger partial charge is 0.134 e. The first-order valence-electron chi connectivity index (χ1n) is 6.87. The highest BCUT2D eigenvalue weighted by Crippen LogP contribution is 2.21. The van der Waals surface area contributed by atoms with E-state index in [0.717, 1.165) is 12.1 Å². The summed E-state index contributed by atoms with van der Waals surface area (Å²) in [5, 5.41) is 0. The Bertz CT molecular complexity index is 585. The van der Waals surface area contributed by atoms with Gasteiger partial charge in [-0.15, -0.1) is 0 Å². The van der Waals surface area contributed by atoms with Crippen molar-refractivity contribution in [2.45, 2.75) is 19.9 Å². The van der Waals surface area contributed by atoms with E-state index in [-0.39, 0.29) is 5.78 Å². The number of rotatable bonds is 5. The van der Waals surface area contributed by atoms with Crippen LogP contribution in [0.25, 0.3) is 11.1 Å². The maximum absolute atomic E-state index is 11.1. The van der Waals surface area contributed by atoms with Crippen molar-refractivity contribution in [1.29, 1.82) is 0 Å². The molecule has 0 amide bonds. The molecule has 20 heavy (non-hydrogen) atoms. The molecule has 2 heteroatoms. The van der Waals surface area contributed by atoms with Gasteiger partial charge in [-0.2, -0.15) is 0 Å². The molecule has 2 nitrogen and oxygen atoms in total. The van der Waals surface area contributed by atoms with Crippen LogP contribution in [0.15, 0.2) is 48.5 Å². The van der Waals surface area contributed by atoms with Gasteiger partial charge >= 0.3 is 0 Å². The van der Waals surface area contributed by atoms with E-state index in [2.05, 4.69) is 55.4 Å². The molecule has 2 aromatic carbocycles. The Labute approximate surface area is 121 Å². The minimum Gasteiger partial charge on any atom is -0.305 e. The lowest BCUT2D eigenvalue weighted by Gasteiger charge is -2.11. The topological polar surface area (TPSA) is 20.3 Å². The molecule has 0 bridgehead atoms. The van der Waals surface area contributed by atoms with Crippen molar-refractivity contribution in [3.63, 3.8) is 0 Å². The highest BCUT2D eigenvalue weighted by Gasteiger charge is 2.02. The molecule has 104 valence electrons. The average Bonchev–Trinajstić information content (AvgIpc) is 2.38. The van der Waals surface area contributed by atoms with Crippen LogP contribution in [-0.4, -0.2) is 24.8 Å². The molecule has 0 fully saturated rings. The van der Waals surface area contributed by atoms with E-state index in [9.17, 15) is 4.79 Å². The van der Waals surface area contributed by atoms with Crippen LogP contribution in [0, 0.1) is 0 Å². The average molecular weight is 267 g/mol. The van der Waals surface area contributed by atoms with Crippen LogP contribution in [0.5, 0.6) is 0 Å². The summed E-state index contributed by atoms with van der Waals surface area (Å²) >= 11 is 0. The first-order valence-corrected chi connectivity index (χ1v) is 6.87. The van der Waals surface area contributed by atoms with Gasteiger partial charge in [-0.25, -0.2) is 0 Å². The fourth-order valence-electron chi connectivity index (χ4n) is 2.32. The van der Waals surface area contributed by atoms with Crippen LogP contribution in [0.3, 0.4) is 0 Å². The lowest BCUT2D eigenvalue weighted by atomic mass is 10.0. The van der Waals surface area contributed by atoms with E-state index in [0.29, 0.717) is 6.42 Å². The SMILES string of the molecule is CC(=O)Cc1ccc(-c2cccc(CN(C)C)c2)cc1. The third-order valence-electron chi connectivity index (χ3n) is 3.17. The largest absolute Gasteiger partial charge is 0.305 e. The molecule has 0 radical (unpaired) electrons. The molecule has 2 rings (SSSR count). The van der Waals surface area contributed by atoms with E-state index in [4.69, 9.17) is 0 Å². The minimum absolute atomic E-state index is 0.200. The van der Waals surface area contributed by atoms with Gasteiger partial charge in [0.15, 0.2) is 0 Å². The predicted molar refractivity (Wildman–Crippen MR) is 83.7 cm³/mol. The quantitative estimate of drug-likeness (QED) is 0.825. The van der Waals surface area contributed by atoms with Crippen molar-refractivity contribution >= 4 is 5.78 Å². The third-order valence-corrected chi connectivity index (χ3v) is 3.17. The molecule has 0 saturated carbocycles. The molecule has 0 spiro atoms. The van der Waals surface area contributed by atoms with Crippen molar-refractivity contribution in [3.8, 4) is 11.1 Å². The summed E-state index contributed by atoms with van der Waals surface area (Å²) in [7, 11) is 4.15. The first kappa shape index (κ1) is 14.5. The number of ketones is 1. The van der Waals surface area contributed by atoms with Gasteiger partial charge in [0.25, 0.3) is 0 Å². The summed E-state index contributed by atoms with van der Waals surface area (Å²) in [6.45, 7) is 2.56. The van der Waals surface area contributed by atoms with E-state index in [1.807, 2.05) is 12.1 Å². The summed E-state index contributed by atoms with van der Waals surface area (Å²) in [5.41, 5.74) is 4.79. The maximum Gasteiger partial charge on any atom is 0.134 e. The van der Waals surface area contributed by atoms with Gasteiger partial charge in [-0.05, 0) is 49.3 Å². The number of hydrogen-bond donors (Lipinski definition) is 0. The molecule has 0 atom stereocenters. The Morgan fingerprint density at radius 2 is 1.65 bits per heavy atom. The van der Waals surface area contributed by atoms with Crippen LogP contribution >= 0.6 is 0 Å². The van der Waals surface area contributed by atoms with Crippen molar-refractivity contribution in [2.24, 2.45) is 0 Å². The van der Waals surface area contributed by atoms with Crippen LogP contribution in [0.4, 0.5) is 0 Å². The van der Waals surface area contributed by atoms with Crippen molar-refractivity contribution in [2.75, 3.05) is 14.1 Å². The number of benzene rings is 2. The number of hydrogen-bond acceptors (Lipinski definition) is 2. The zero-order chi connectivity index (χ0) is 14.5. The third kappa shape index (κ3) is 4.04. The van der Waals surface area contributed by atoms with Gasteiger partial charge in [0.2, 0.25) is 0 Å². The molecule has 0 saturated heterocycles. The number of carbonyl (C=O) groups excluding carboxylic acids is 1. The van der Waals surface area contributed by atoms with Gasteiger partial charge in [0.05, 0.1) is 0 Å². The standard InChI is InChI=1S/C18H21NO/c1-14(20)11-15-7-9-17(10-8-15)18-6-4-5-16(12-18)13-19(2)3/h4-10,12H,11,13H2,1-3H3. The Kier molecular flexibility index (Phi) is 4.70. The molecule has 0 aromatic heterocycles. The summed E-state index contributed by atoms with van der Waals surface area (Å²) in [5.74, 6) is 0.200. The number of Topliss-reactive ketones (excluding diaryl/α,β-unsaturated/α-hetero) is 1. The van der Waals surface area contributed by atoms with Crippen molar-refractivity contribution in [1.82, 2.24) is 4.90 Å². The van der Waals surface area contributed by atoms with E-state index in [1.165, 1.54) is 16.7 Å². The molecule has 0 aliphatic carbocycles. The normalized spacial score (nSPS) is 10.8. The lowest BCUT2D eigenvalue weighted by Crippen LogP contribution is -2.10. The fraction of sp³-hybridized carbons (Fsp3) is 0.278. The highest BCUT2D eigenvalue weighted by molar-refractivity contribution is 5.78. The Morgan fingerprint density at radius 3 is 2.25 bits per heavy atom. The van der Waals surface area contributed by atoms with E-state index in [1.54, 1.807) is 6.92 Å². The molecule has 0 unspecified atom stereocenters. The molecular weight excluding hydrogens is 246 g/mol. The maximum atomic E-state index is 11.1. The first-order chi connectivity index (χ1) is 9.54. The minimum atomic E-state index is 0.200. The summed E-state index contributed by atoms with van der Waals surface area (Å²) in [6.07, 6.45) is 0.515.